The van der Waals surface area contributed by atoms with E-state index in [1.165, 1.54) is 0 Å². The smallest absolute Gasteiger partial charge is 0.170 e. The lowest BCUT2D eigenvalue weighted by Gasteiger charge is -2.12. The Balaban J connectivity index is 2.03. The number of amidine groups is 1. The summed E-state index contributed by atoms with van der Waals surface area (Å²) in [4.78, 5) is 4.26. The fraction of sp³-hybridized carbons (Fsp3) is 0.231. The van der Waals surface area contributed by atoms with Crippen LogP contribution in [0.5, 0.6) is 0 Å². The zero-order chi connectivity index (χ0) is 14.5. The van der Waals surface area contributed by atoms with Crippen LogP contribution in [0.1, 0.15) is 29.1 Å². The Morgan fingerprint density at radius 1 is 1.60 bits per heavy atom. The molecule has 0 aliphatic rings. The van der Waals surface area contributed by atoms with Crippen LogP contribution in [-0.2, 0) is 6.54 Å². The van der Waals surface area contributed by atoms with Gasteiger partial charge >= 0.3 is 0 Å². The first-order valence-corrected chi connectivity index (χ1v) is 7.26. The fourth-order valence-corrected chi connectivity index (χ4v) is 2.62. The Morgan fingerprint density at radius 3 is 3.00 bits per heavy atom. The van der Waals surface area contributed by atoms with E-state index in [0.29, 0.717) is 17.1 Å². The van der Waals surface area contributed by atoms with Crippen LogP contribution in [0.15, 0.2) is 34.9 Å². The van der Waals surface area contributed by atoms with Crippen molar-refractivity contribution in [2.45, 2.75) is 19.5 Å². The quantitative estimate of drug-likeness (QED) is 0.343. The Kier molecular flexibility index (Phi) is 4.94. The molecule has 0 aliphatic carbocycles. The van der Waals surface area contributed by atoms with Crippen molar-refractivity contribution in [1.29, 1.82) is 0 Å². The number of nitrogens with two attached hydrogens (primary N) is 1. The summed E-state index contributed by atoms with van der Waals surface area (Å²) in [6.07, 6.45) is 1.79. The number of hydrogen-bond donors (Lipinski definition) is 3. The third-order valence-electron chi connectivity index (χ3n) is 2.88. The van der Waals surface area contributed by atoms with Crippen LogP contribution < -0.4 is 11.1 Å². The lowest BCUT2D eigenvalue weighted by atomic mass is 10.1. The van der Waals surface area contributed by atoms with Crippen LogP contribution >= 0.6 is 22.9 Å². The Bertz CT molecular complexity index is 600. The van der Waals surface area contributed by atoms with Crippen molar-refractivity contribution >= 4 is 28.8 Å². The second kappa shape index (κ2) is 6.69. The van der Waals surface area contributed by atoms with E-state index in [9.17, 15) is 0 Å². The van der Waals surface area contributed by atoms with Gasteiger partial charge in [0, 0.05) is 28.7 Å². The van der Waals surface area contributed by atoms with Gasteiger partial charge in [-0.05, 0) is 18.6 Å². The molecule has 4 N–H and O–H groups in total. The van der Waals surface area contributed by atoms with Gasteiger partial charge in [-0.2, -0.15) is 0 Å². The summed E-state index contributed by atoms with van der Waals surface area (Å²) in [5.41, 5.74) is 7.06. The van der Waals surface area contributed by atoms with E-state index in [1.54, 1.807) is 29.7 Å². The van der Waals surface area contributed by atoms with E-state index in [4.69, 9.17) is 22.5 Å². The molecule has 0 radical (unpaired) electrons. The highest BCUT2D eigenvalue weighted by Crippen LogP contribution is 2.20. The van der Waals surface area contributed by atoms with E-state index < -0.39 is 0 Å². The lowest BCUT2D eigenvalue weighted by molar-refractivity contribution is 0.318. The summed E-state index contributed by atoms with van der Waals surface area (Å²) in [7, 11) is 0. The maximum absolute atomic E-state index is 8.63. The monoisotopic (exact) mass is 310 g/mol. The second-order valence-corrected chi connectivity index (χ2v) is 5.60. The molecular weight excluding hydrogens is 296 g/mol. The van der Waals surface area contributed by atoms with Crippen LogP contribution in [-0.4, -0.2) is 16.0 Å². The third kappa shape index (κ3) is 3.47. The molecule has 106 valence electrons. The summed E-state index contributed by atoms with van der Waals surface area (Å²) < 4.78 is 0. The summed E-state index contributed by atoms with van der Waals surface area (Å²) in [5.74, 6) is 0.0440. The molecule has 20 heavy (non-hydrogen) atoms. The van der Waals surface area contributed by atoms with E-state index in [-0.39, 0.29) is 11.9 Å². The van der Waals surface area contributed by atoms with Crippen molar-refractivity contribution in [2.75, 3.05) is 0 Å². The topological polar surface area (TPSA) is 83.5 Å². The van der Waals surface area contributed by atoms with Gasteiger partial charge in [0.15, 0.2) is 5.84 Å². The fourth-order valence-electron chi connectivity index (χ4n) is 1.71. The molecule has 1 aromatic heterocycles. The predicted molar refractivity (Wildman–Crippen MR) is 81.3 cm³/mol. The molecule has 1 atom stereocenters. The Morgan fingerprint density at radius 2 is 2.40 bits per heavy atom. The predicted octanol–water partition coefficient (Wildman–Crippen LogP) is 2.74. The van der Waals surface area contributed by atoms with E-state index >= 15 is 0 Å². The number of hydrogen-bond acceptors (Lipinski definition) is 5. The molecule has 7 heteroatoms. The van der Waals surface area contributed by atoms with Gasteiger partial charge in [-0.25, -0.2) is 4.98 Å². The van der Waals surface area contributed by atoms with Gasteiger partial charge in [0.25, 0.3) is 0 Å². The van der Waals surface area contributed by atoms with Gasteiger partial charge < -0.3 is 16.3 Å². The van der Waals surface area contributed by atoms with E-state index in [2.05, 4.69) is 22.4 Å². The SMILES string of the molecule is CC(NCc1ccc(/C(N)=N/O)cc1Cl)c1nccs1. The van der Waals surface area contributed by atoms with Gasteiger partial charge in [0.05, 0.1) is 6.04 Å². The highest BCUT2D eigenvalue weighted by Gasteiger charge is 2.09. The van der Waals surface area contributed by atoms with Crippen molar-refractivity contribution < 1.29 is 5.21 Å². The summed E-state index contributed by atoms with van der Waals surface area (Å²) >= 11 is 7.81. The van der Waals surface area contributed by atoms with Crippen LogP contribution in [0.25, 0.3) is 0 Å². The average molecular weight is 311 g/mol. The number of thiazole rings is 1. The van der Waals surface area contributed by atoms with E-state index in [0.717, 1.165) is 10.6 Å². The van der Waals surface area contributed by atoms with Crippen LogP contribution in [0, 0.1) is 0 Å². The minimum Gasteiger partial charge on any atom is -0.409 e. The number of halogens is 1. The third-order valence-corrected chi connectivity index (χ3v) is 4.19. The zero-order valence-electron chi connectivity index (χ0n) is 10.9. The molecule has 5 nitrogen and oxygen atoms in total. The maximum atomic E-state index is 8.63. The van der Waals surface area contributed by atoms with Gasteiger partial charge in [-0.15, -0.1) is 11.3 Å². The highest BCUT2D eigenvalue weighted by atomic mass is 35.5. The Hall–Kier alpha value is -1.63. The standard InChI is InChI=1S/C13H15ClN4OS/c1-8(13-16-4-5-20-13)17-7-10-3-2-9(6-11(10)14)12(15)18-19/h2-6,8,17,19H,7H2,1H3,(H2,15,18). The number of nitrogens with one attached hydrogen (secondary N) is 1. The number of aromatic nitrogens is 1. The molecule has 0 aliphatic heterocycles. The summed E-state index contributed by atoms with van der Waals surface area (Å²) in [6, 6.07) is 5.47. The molecule has 1 unspecified atom stereocenters. The minimum atomic E-state index is 0.0440. The van der Waals surface area contributed by atoms with Gasteiger partial charge in [-0.1, -0.05) is 28.9 Å². The van der Waals surface area contributed by atoms with Gasteiger partial charge in [-0.3, -0.25) is 0 Å². The van der Waals surface area contributed by atoms with Crippen molar-refractivity contribution in [1.82, 2.24) is 10.3 Å². The number of nitrogens with zero attached hydrogens (tertiary/aromatic N) is 2. The van der Waals surface area contributed by atoms with Crippen molar-refractivity contribution in [2.24, 2.45) is 10.9 Å². The average Bonchev–Trinajstić information content (AvgIpc) is 2.99. The molecule has 0 bridgehead atoms. The normalized spacial score (nSPS) is 13.4. The molecule has 0 amide bonds. The molecule has 2 aromatic rings. The first kappa shape index (κ1) is 14.8. The molecule has 1 aromatic carbocycles. The molecule has 0 spiro atoms. The van der Waals surface area contributed by atoms with Gasteiger partial charge in [0.2, 0.25) is 0 Å². The van der Waals surface area contributed by atoms with Crippen LogP contribution in [0.4, 0.5) is 0 Å². The number of oxime groups is 1. The maximum Gasteiger partial charge on any atom is 0.170 e. The number of benzene rings is 1. The summed E-state index contributed by atoms with van der Waals surface area (Å²) in [6.45, 7) is 2.67. The van der Waals surface area contributed by atoms with Crippen molar-refractivity contribution in [3.63, 3.8) is 0 Å². The summed E-state index contributed by atoms with van der Waals surface area (Å²) in [5, 5.41) is 18.5. The molecule has 0 saturated carbocycles. The first-order chi connectivity index (χ1) is 9.61. The molecule has 0 saturated heterocycles. The first-order valence-electron chi connectivity index (χ1n) is 6.01. The van der Waals surface area contributed by atoms with Crippen LogP contribution in [0.2, 0.25) is 5.02 Å². The highest BCUT2D eigenvalue weighted by molar-refractivity contribution is 7.09. The molecular formula is C13H15ClN4OS. The molecule has 1 heterocycles. The largest absolute Gasteiger partial charge is 0.409 e. The minimum absolute atomic E-state index is 0.0440. The van der Waals surface area contributed by atoms with Crippen molar-refractivity contribution in [3.8, 4) is 0 Å². The van der Waals surface area contributed by atoms with E-state index in [1.807, 2.05) is 11.4 Å². The lowest BCUT2D eigenvalue weighted by Crippen LogP contribution is -2.18. The zero-order valence-corrected chi connectivity index (χ0v) is 12.4. The Labute approximate surface area is 126 Å². The van der Waals surface area contributed by atoms with Crippen molar-refractivity contribution in [3.05, 3.63) is 50.9 Å². The van der Waals surface area contributed by atoms with Gasteiger partial charge in [0.1, 0.15) is 5.01 Å². The molecule has 0 fully saturated rings. The van der Waals surface area contributed by atoms with Crippen LogP contribution in [0.3, 0.4) is 0 Å². The second-order valence-electron chi connectivity index (χ2n) is 4.26. The number of rotatable bonds is 5. The molecule has 2 rings (SSSR count).